The first-order valence-electron chi connectivity index (χ1n) is 24.9. The molecule has 0 atom stereocenters. The molecule has 0 fully saturated rings. The maximum absolute atomic E-state index is 6.59. The van der Waals surface area contributed by atoms with Crippen LogP contribution in [0.4, 0.5) is 0 Å². The minimum absolute atomic E-state index is 0.635. The zero-order valence-electron chi connectivity index (χ0n) is 39.3. The first kappa shape index (κ1) is 39.9. The molecule has 0 aliphatic carbocycles. The van der Waals surface area contributed by atoms with Crippen LogP contribution in [-0.2, 0) is 0 Å². The number of para-hydroxylation sites is 3. The van der Waals surface area contributed by atoms with Crippen LogP contribution < -0.4 is 0 Å². The summed E-state index contributed by atoms with van der Waals surface area (Å²) < 4.78 is 11.5. The van der Waals surface area contributed by atoms with Crippen molar-refractivity contribution in [2.45, 2.75) is 0 Å². The normalized spacial score (nSPS) is 12.1. The second-order valence-corrected chi connectivity index (χ2v) is 19.2. The molecule has 0 aliphatic rings. The Morgan fingerprint density at radius 1 is 0.315 bits per heavy atom. The molecule has 0 N–H and O–H groups in total. The quantitative estimate of drug-likeness (QED) is 0.162. The van der Waals surface area contributed by atoms with Gasteiger partial charge in [0.05, 0.1) is 27.8 Å². The molecule has 0 radical (unpaired) electrons. The van der Waals surface area contributed by atoms with Crippen LogP contribution in [0.5, 0.6) is 0 Å². The van der Waals surface area contributed by atoms with Crippen LogP contribution in [0, 0.1) is 0 Å². The SMILES string of the molecule is c1ccc(-c2nc(-c3cc(-n4c5ccc(-c6ccc7c(c6)c6ccccc6n7-c6ccccc6)cc5c5c6ccccc6ccc54)c4c5ccccc5c5ccccc5c4c3)nc3c2oc2ccccc23)cc1. The van der Waals surface area contributed by atoms with E-state index in [0.717, 1.165) is 66.7 Å². The van der Waals surface area contributed by atoms with Crippen molar-refractivity contribution >= 4 is 109 Å². The summed E-state index contributed by atoms with van der Waals surface area (Å²) in [5, 5.41) is 15.3. The van der Waals surface area contributed by atoms with Crippen molar-refractivity contribution in [3.8, 4) is 45.1 Å². The molecule has 5 heteroatoms. The highest BCUT2D eigenvalue weighted by Gasteiger charge is 2.24. The molecule has 4 heterocycles. The van der Waals surface area contributed by atoms with Crippen LogP contribution in [0.1, 0.15) is 0 Å². The summed E-state index contributed by atoms with van der Waals surface area (Å²) in [5.41, 5.74) is 14.1. The fourth-order valence-corrected chi connectivity index (χ4v) is 12.1. The van der Waals surface area contributed by atoms with E-state index in [1.807, 2.05) is 24.3 Å². The lowest BCUT2D eigenvalue weighted by Gasteiger charge is -2.18. The van der Waals surface area contributed by atoms with E-state index >= 15 is 0 Å². The predicted molar refractivity (Wildman–Crippen MR) is 304 cm³/mol. The molecule has 0 aliphatic heterocycles. The average Bonchev–Trinajstić information content (AvgIpc) is 4.14. The Balaban J connectivity index is 1.01. The van der Waals surface area contributed by atoms with Crippen molar-refractivity contribution in [2.24, 2.45) is 0 Å². The molecular formula is C68H40N4O. The minimum Gasteiger partial charge on any atom is -0.452 e. The van der Waals surface area contributed by atoms with E-state index in [2.05, 4.69) is 228 Å². The van der Waals surface area contributed by atoms with Gasteiger partial charge in [-0.15, -0.1) is 0 Å². The molecule has 0 spiro atoms. The molecule has 0 saturated carbocycles. The smallest absolute Gasteiger partial charge is 0.180 e. The van der Waals surface area contributed by atoms with Gasteiger partial charge in [-0.05, 0) is 122 Å². The van der Waals surface area contributed by atoms with Crippen molar-refractivity contribution in [1.82, 2.24) is 19.1 Å². The van der Waals surface area contributed by atoms with Gasteiger partial charge in [-0.25, -0.2) is 9.97 Å². The average molecular weight is 929 g/mol. The maximum Gasteiger partial charge on any atom is 0.180 e. The minimum atomic E-state index is 0.635. The zero-order chi connectivity index (χ0) is 47.7. The third kappa shape index (κ3) is 5.85. The predicted octanol–water partition coefficient (Wildman–Crippen LogP) is 18.2. The Bertz CT molecular complexity index is 4970. The number of furan rings is 1. The van der Waals surface area contributed by atoms with Crippen molar-refractivity contribution < 1.29 is 4.42 Å². The molecule has 4 aromatic heterocycles. The van der Waals surface area contributed by atoms with Crippen LogP contribution in [0.15, 0.2) is 247 Å². The number of benzene rings is 12. The van der Waals surface area contributed by atoms with Gasteiger partial charge in [-0.3, -0.25) is 0 Å². The molecule has 5 nitrogen and oxygen atoms in total. The van der Waals surface area contributed by atoms with Crippen LogP contribution in [0.2, 0.25) is 0 Å². The highest BCUT2D eigenvalue weighted by molar-refractivity contribution is 6.29. The van der Waals surface area contributed by atoms with Crippen LogP contribution in [0.25, 0.3) is 154 Å². The largest absolute Gasteiger partial charge is 0.452 e. The molecule has 0 amide bonds. The molecule has 16 aromatic rings. The van der Waals surface area contributed by atoms with E-state index in [4.69, 9.17) is 14.4 Å². The topological polar surface area (TPSA) is 48.8 Å². The zero-order valence-corrected chi connectivity index (χ0v) is 39.3. The summed E-state index contributed by atoms with van der Waals surface area (Å²) in [4.78, 5) is 10.9. The van der Waals surface area contributed by atoms with Gasteiger partial charge in [-0.1, -0.05) is 170 Å². The summed E-state index contributed by atoms with van der Waals surface area (Å²) in [6, 6.07) is 87.7. The van der Waals surface area contributed by atoms with Crippen LogP contribution >= 0.6 is 0 Å². The van der Waals surface area contributed by atoms with E-state index in [1.54, 1.807) is 0 Å². The first-order chi connectivity index (χ1) is 36.2. The van der Waals surface area contributed by atoms with E-state index in [9.17, 15) is 0 Å². The number of hydrogen-bond acceptors (Lipinski definition) is 3. The number of hydrogen-bond donors (Lipinski definition) is 0. The molecule has 73 heavy (non-hydrogen) atoms. The Kier molecular flexibility index (Phi) is 8.39. The molecular weight excluding hydrogens is 889 g/mol. The second kappa shape index (κ2) is 15.3. The number of fused-ring (bicyclic) bond motifs is 17. The highest BCUT2D eigenvalue weighted by Crippen LogP contribution is 2.46. The lowest BCUT2D eigenvalue weighted by atomic mass is 9.91. The van der Waals surface area contributed by atoms with Crippen LogP contribution in [-0.4, -0.2) is 19.1 Å². The molecule has 0 unspecified atom stereocenters. The molecule has 338 valence electrons. The Morgan fingerprint density at radius 3 is 1.66 bits per heavy atom. The number of nitrogens with zero attached hydrogens (tertiary/aromatic N) is 4. The van der Waals surface area contributed by atoms with Crippen molar-refractivity contribution in [3.05, 3.63) is 243 Å². The van der Waals surface area contributed by atoms with Gasteiger partial charge in [0, 0.05) is 49.1 Å². The Morgan fingerprint density at radius 2 is 0.877 bits per heavy atom. The van der Waals surface area contributed by atoms with Gasteiger partial charge in [0.1, 0.15) is 16.8 Å². The summed E-state index contributed by atoms with van der Waals surface area (Å²) in [6.45, 7) is 0. The lowest BCUT2D eigenvalue weighted by molar-refractivity contribution is 0.667. The summed E-state index contributed by atoms with van der Waals surface area (Å²) in [6.07, 6.45) is 0. The Labute approximate surface area is 418 Å². The van der Waals surface area contributed by atoms with Gasteiger partial charge in [-0.2, -0.15) is 0 Å². The van der Waals surface area contributed by atoms with Gasteiger partial charge in [0.15, 0.2) is 11.4 Å². The maximum atomic E-state index is 6.59. The fraction of sp³-hybridized carbons (Fsp3) is 0. The third-order valence-electron chi connectivity index (χ3n) is 15.3. The van der Waals surface area contributed by atoms with E-state index in [-0.39, 0.29) is 0 Å². The number of rotatable bonds is 5. The Hall–Kier alpha value is -9.84. The van der Waals surface area contributed by atoms with Crippen LogP contribution in [0.3, 0.4) is 0 Å². The summed E-state index contributed by atoms with van der Waals surface area (Å²) in [5.74, 6) is 0.635. The number of aromatic nitrogens is 4. The van der Waals surface area contributed by atoms with Gasteiger partial charge >= 0.3 is 0 Å². The second-order valence-electron chi connectivity index (χ2n) is 19.2. The monoisotopic (exact) mass is 928 g/mol. The van der Waals surface area contributed by atoms with Crippen molar-refractivity contribution in [1.29, 1.82) is 0 Å². The van der Waals surface area contributed by atoms with E-state index in [0.29, 0.717) is 11.4 Å². The lowest BCUT2D eigenvalue weighted by Crippen LogP contribution is -2.00. The molecule has 16 rings (SSSR count). The summed E-state index contributed by atoms with van der Waals surface area (Å²) in [7, 11) is 0. The molecule has 0 bridgehead atoms. The van der Waals surface area contributed by atoms with Crippen molar-refractivity contribution in [3.63, 3.8) is 0 Å². The highest BCUT2D eigenvalue weighted by atomic mass is 16.3. The van der Waals surface area contributed by atoms with Gasteiger partial charge < -0.3 is 13.6 Å². The van der Waals surface area contributed by atoms with Crippen molar-refractivity contribution in [2.75, 3.05) is 0 Å². The molecule has 0 saturated heterocycles. The standard InChI is InChI=1S/C68H40N4O/c1-3-18-42(19-4-1)65-67-66(53-28-14-16-30-62(53)73-67)70-68(69-65)45-39-55-50-25-10-9-23-48(50)49-24-11-12-27-52(49)64(55)61(40-45)72-59-35-33-44(38-56(59)63-47-22-8-7-17-41(47)31-36-60(63)72)43-32-34-58-54(37-43)51-26-13-15-29-57(51)71(58)46-20-5-2-6-21-46/h1-40H. The summed E-state index contributed by atoms with van der Waals surface area (Å²) >= 11 is 0. The van der Waals surface area contributed by atoms with E-state index < -0.39 is 0 Å². The van der Waals surface area contributed by atoms with E-state index in [1.165, 1.54) is 75.8 Å². The van der Waals surface area contributed by atoms with Gasteiger partial charge in [0.2, 0.25) is 0 Å². The molecule has 12 aromatic carbocycles. The third-order valence-corrected chi connectivity index (χ3v) is 15.3. The first-order valence-corrected chi connectivity index (χ1v) is 24.9. The van der Waals surface area contributed by atoms with Gasteiger partial charge in [0.25, 0.3) is 0 Å². The fourth-order valence-electron chi connectivity index (χ4n) is 12.1.